The first-order chi connectivity index (χ1) is 5.54. The Labute approximate surface area is 71.8 Å². The molecule has 0 aromatic rings. The van der Waals surface area contributed by atoms with E-state index in [4.69, 9.17) is 9.47 Å². The smallest absolute Gasteiger partial charge is 0.305 e. The van der Waals surface area contributed by atoms with Crippen LogP contribution in [0.1, 0.15) is 27.2 Å². The summed E-state index contributed by atoms with van der Waals surface area (Å²) in [5.74, 6) is -1.55. The van der Waals surface area contributed by atoms with Crippen molar-refractivity contribution in [2.24, 2.45) is 0 Å². The van der Waals surface area contributed by atoms with Crippen LogP contribution in [0.25, 0.3) is 0 Å². The molecular weight excluding hydrogens is 160 g/mol. The van der Waals surface area contributed by atoms with Gasteiger partial charge in [-0.3, -0.25) is 4.79 Å². The van der Waals surface area contributed by atoms with Crippen LogP contribution in [-0.4, -0.2) is 24.6 Å². The van der Waals surface area contributed by atoms with Crippen LogP contribution in [0.5, 0.6) is 0 Å². The van der Waals surface area contributed by atoms with E-state index in [0.717, 1.165) is 0 Å². The molecule has 12 heavy (non-hydrogen) atoms. The van der Waals surface area contributed by atoms with Crippen molar-refractivity contribution in [1.29, 1.82) is 0 Å². The molecular formula is C8H14O4. The molecule has 0 aliphatic rings. The summed E-state index contributed by atoms with van der Waals surface area (Å²) in [4.78, 5) is 20.8. The van der Waals surface area contributed by atoms with E-state index < -0.39 is 11.8 Å². The third-order valence-electron chi connectivity index (χ3n) is 1.26. The van der Waals surface area contributed by atoms with Crippen LogP contribution < -0.4 is 0 Å². The zero-order valence-corrected chi connectivity index (χ0v) is 7.62. The molecule has 0 aromatic heterocycles. The molecule has 0 radical (unpaired) electrons. The maximum atomic E-state index is 10.6. The van der Waals surface area contributed by atoms with Gasteiger partial charge < -0.3 is 14.3 Å². The predicted octanol–water partition coefficient (Wildman–Crippen LogP) is 0.891. The summed E-state index contributed by atoms with van der Waals surface area (Å²) in [6.07, 6.45) is 0.721. The molecule has 4 heteroatoms. The number of rotatable bonds is 5. The summed E-state index contributed by atoms with van der Waals surface area (Å²) >= 11 is 0. The van der Waals surface area contributed by atoms with Crippen molar-refractivity contribution in [2.75, 3.05) is 6.61 Å². The Morgan fingerprint density at radius 1 is 1.58 bits per heavy atom. The van der Waals surface area contributed by atoms with E-state index in [1.54, 1.807) is 13.8 Å². The lowest BCUT2D eigenvalue weighted by molar-refractivity contribution is -0.220. The van der Waals surface area contributed by atoms with Crippen molar-refractivity contribution in [3.05, 3.63) is 0 Å². The topological polar surface area (TPSA) is 52.6 Å². The SMILES string of the molecule is CCOC(C)(CC=O)OC(C)=O. The fourth-order valence-corrected chi connectivity index (χ4v) is 0.891. The quantitative estimate of drug-likeness (QED) is 0.353. The van der Waals surface area contributed by atoms with E-state index in [0.29, 0.717) is 12.9 Å². The minimum atomic E-state index is -1.09. The normalized spacial score (nSPS) is 14.9. The number of carbonyl (C=O) groups excluding carboxylic acids is 2. The summed E-state index contributed by atoms with van der Waals surface area (Å²) in [5, 5.41) is 0. The Kier molecular flexibility index (Phi) is 4.51. The van der Waals surface area contributed by atoms with Gasteiger partial charge in [0, 0.05) is 20.5 Å². The van der Waals surface area contributed by atoms with Gasteiger partial charge in [0.25, 0.3) is 0 Å². The molecule has 0 bridgehead atoms. The lowest BCUT2D eigenvalue weighted by Gasteiger charge is -2.26. The minimum Gasteiger partial charge on any atom is -0.433 e. The largest absolute Gasteiger partial charge is 0.433 e. The van der Waals surface area contributed by atoms with Crippen LogP contribution in [0.3, 0.4) is 0 Å². The van der Waals surface area contributed by atoms with Crippen LogP contribution in [-0.2, 0) is 19.1 Å². The van der Waals surface area contributed by atoms with Crippen molar-refractivity contribution in [3.8, 4) is 0 Å². The number of aldehydes is 1. The van der Waals surface area contributed by atoms with Crippen molar-refractivity contribution >= 4 is 12.3 Å². The molecule has 0 N–H and O–H groups in total. The Balaban J connectivity index is 4.15. The highest BCUT2D eigenvalue weighted by Crippen LogP contribution is 2.15. The molecule has 0 amide bonds. The van der Waals surface area contributed by atoms with Crippen LogP contribution in [0.2, 0.25) is 0 Å². The number of hydrogen-bond acceptors (Lipinski definition) is 4. The maximum absolute atomic E-state index is 10.6. The molecule has 1 atom stereocenters. The van der Waals surface area contributed by atoms with Gasteiger partial charge >= 0.3 is 5.97 Å². The highest BCUT2D eigenvalue weighted by molar-refractivity contribution is 5.67. The Morgan fingerprint density at radius 3 is 2.50 bits per heavy atom. The van der Waals surface area contributed by atoms with Crippen LogP contribution in [0.4, 0.5) is 0 Å². The first kappa shape index (κ1) is 11.1. The molecule has 0 aliphatic carbocycles. The Bertz CT molecular complexity index is 166. The van der Waals surface area contributed by atoms with Crippen molar-refractivity contribution in [2.45, 2.75) is 33.0 Å². The van der Waals surface area contributed by atoms with Gasteiger partial charge in [-0.25, -0.2) is 0 Å². The molecule has 0 spiro atoms. The standard InChI is InChI=1S/C8H14O4/c1-4-11-8(3,5-6-9)12-7(2)10/h6H,4-5H2,1-3H3. The Morgan fingerprint density at radius 2 is 2.17 bits per heavy atom. The molecule has 0 aromatic carbocycles. The second-order valence-electron chi connectivity index (χ2n) is 2.53. The summed E-state index contributed by atoms with van der Waals surface area (Å²) in [6.45, 7) is 5.01. The van der Waals surface area contributed by atoms with E-state index in [-0.39, 0.29) is 6.42 Å². The first-order valence-electron chi connectivity index (χ1n) is 3.81. The van der Waals surface area contributed by atoms with E-state index >= 15 is 0 Å². The number of carbonyl (C=O) groups is 2. The van der Waals surface area contributed by atoms with E-state index in [2.05, 4.69) is 0 Å². The van der Waals surface area contributed by atoms with Gasteiger partial charge in [0.2, 0.25) is 5.79 Å². The van der Waals surface area contributed by atoms with E-state index in [1.165, 1.54) is 6.92 Å². The van der Waals surface area contributed by atoms with Crippen LogP contribution in [0, 0.1) is 0 Å². The number of esters is 1. The fourth-order valence-electron chi connectivity index (χ4n) is 0.891. The van der Waals surface area contributed by atoms with Gasteiger partial charge in [-0.05, 0) is 6.92 Å². The maximum Gasteiger partial charge on any atom is 0.305 e. The molecule has 0 aliphatic heterocycles. The predicted molar refractivity (Wildman–Crippen MR) is 42.5 cm³/mol. The summed E-state index contributed by atoms with van der Waals surface area (Å²) in [7, 11) is 0. The molecule has 0 fully saturated rings. The second kappa shape index (κ2) is 4.87. The zero-order chi connectivity index (χ0) is 9.61. The number of hydrogen-bond donors (Lipinski definition) is 0. The third-order valence-corrected chi connectivity index (χ3v) is 1.26. The summed E-state index contributed by atoms with van der Waals surface area (Å²) in [6, 6.07) is 0. The van der Waals surface area contributed by atoms with Gasteiger partial charge in [0.15, 0.2) is 0 Å². The van der Waals surface area contributed by atoms with Gasteiger partial charge in [-0.15, -0.1) is 0 Å². The highest BCUT2D eigenvalue weighted by Gasteiger charge is 2.27. The molecule has 0 heterocycles. The number of ether oxygens (including phenoxy) is 2. The van der Waals surface area contributed by atoms with Crippen molar-refractivity contribution in [3.63, 3.8) is 0 Å². The molecule has 0 rings (SSSR count). The van der Waals surface area contributed by atoms with Gasteiger partial charge in [-0.1, -0.05) is 0 Å². The fraction of sp³-hybridized carbons (Fsp3) is 0.750. The second-order valence-corrected chi connectivity index (χ2v) is 2.53. The van der Waals surface area contributed by atoms with Crippen molar-refractivity contribution < 1.29 is 19.1 Å². The van der Waals surface area contributed by atoms with Gasteiger partial charge in [0.05, 0.1) is 6.42 Å². The lowest BCUT2D eigenvalue weighted by Crippen LogP contribution is -2.34. The van der Waals surface area contributed by atoms with Crippen LogP contribution >= 0.6 is 0 Å². The van der Waals surface area contributed by atoms with E-state index in [1.807, 2.05) is 0 Å². The minimum absolute atomic E-state index is 0.0560. The zero-order valence-electron chi connectivity index (χ0n) is 7.62. The molecule has 4 nitrogen and oxygen atoms in total. The average Bonchev–Trinajstić information content (AvgIpc) is 1.85. The average molecular weight is 174 g/mol. The molecule has 1 unspecified atom stereocenters. The Hall–Kier alpha value is -0.900. The summed E-state index contributed by atoms with van der Waals surface area (Å²) in [5.41, 5.74) is 0. The van der Waals surface area contributed by atoms with Crippen molar-refractivity contribution in [1.82, 2.24) is 0 Å². The molecule has 0 saturated carbocycles. The van der Waals surface area contributed by atoms with Crippen LogP contribution in [0.15, 0.2) is 0 Å². The third kappa shape index (κ3) is 4.08. The lowest BCUT2D eigenvalue weighted by atomic mass is 10.2. The highest BCUT2D eigenvalue weighted by atomic mass is 16.7. The van der Waals surface area contributed by atoms with Gasteiger partial charge in [-0.2, -0.15) is 0 Å². The molecule has 70 valence electrons. The van der Waals surface area contributed by atoms with Gasteiger partial charge in [0.1, 0.15) is 6.29 Å². The molecule has 0 saturated heterocycles. The monoisotopic (exact) mass is 174 g/mol. The summed E-state index contributed by atoms with van der Waals surface area (Å²) < 4.78 is 9.93. The first-order valence-corrected chi connectivity index (χ1v) is 3.81. The van der Waals surface area contributed by atoms with E-state index in [9.17, 15) is 9.59 Å².